The molecule has 2 heterocycles. The Bertz CT molecular complexity index is 1500. The van der Waals surface area contributed by atoms with Gasteiger partial charge in [0.25, 0.3) is 0 Å². The van der Waals surface area contributed by atoms with Crippen molar-refractivity contribution in [2.24, 2.45) is 5.73 Å². The number of benzene rings is 3. The van der Waals surface area contributed by atoms with Gasteiger partial charge >= 0.3 is 6.18 Å². The molecule has 0 amide bonds. The number of nitrogens with two attached hydrogens (primary N) is 1. The number of aromatic nitrogens is 1. The minimum Gasteiger partial charge on any atom is -0.493 e. The minimum atomic E-state index is -4.42. The van der Waals surface area contributed by atoms with Crippen LogP contribution in [0.3, 0.4) is 0 Å². The molecule has 6 nitrogen and oxygen atoms in total. The maximum atomic E-state index is 15.3. The fraction of sp³-hybridized carbons (Fsp3) is 0.222. The third kappa shape index (κ3) is 5.03. The van der Waals surface area contributed by atoms with Gasteiger partial charge in [0.15, 0.2) is 23.1 Å². The summed E-state index contributed by atoms with van der Waals surface area (Å²) in [5.74, 6) is 0.760. The van der Waals surface area contributed by atoms with E-state index in [4.69, 9.17) is 19.9 Å². The SMILES string of the molecule is COc1cc2nccc(Oc3cc4c(cc3F)N(CCc3cccc(C(F)(F)F)c3)C(N)S4)c2cc1OC. The number of rotatable bonds is 7. The van der Waals surface area contributed by atoms with Gasteiger partial charge in [0.1, 0.15) is 11.2 Å². The molecule has 1 atom stereocenters. The van der Waals surface area contributed by atoms with Gasteiger partial charge in [0.05, 0.1) is 31.0 Å². The Morgan fingerprint density at radius 2 is 1.74 bits per heavy atom. The number of fused-ring (bicyclic) bond motifs is 2. The summed E-state index contributed by atoms with van der Waals surface area (Å²) in [5, 5.41) is 0.608. The summed E-state index contributed by atoms with van der Waals surface area (Å²) in [6.07, 6.45) is -2.56. The fourth-order valence-corrected chi connectivity index (χ4v) is 5.39. The third-order valence-electron chi connectivity index (χ3n) is 6.20. The van der Waals surface area contributed by atoms with Gasteiger partial charge in [-0.1, -0.05) is 30.0 Å². The lowest BCUT2D eigenvalue weighted by atomic mass is 10.1. The first kappa shape index (κ1) is 25.9. The smallest absolute Gasteiger partial charge is 0.416 e. The average Bonchev–Trinajstić information content (AvgIpc) is 3.20. The van der Waals surface area contributed by atoms with Gasteiger partial charge in [0, 0.05) is 35.2 Å². The predicted molar refractivity (Wildman–Crippen MR) is 138 cm³/mol. The van der Waals surface area contributed by atoms with E-state index in [2.05, 4.69) is 4.98 Å². The van der Waals surface area contributed by atoms with Gasteiger partial charge < -0.3 is 24.8 Å². The summed E-state index contributed by atoms with van der Waals surface area (Å²) in [6, 6.07) is 13.1. The van der Waals surface area contributed by atoms with Crippen LogP contribution in [0, 0.1) is 5.82 Å². The lowest BCUT2D eigenvalue weighted by Gasteiger charge is -2.24. The van der Waals surface area contributed by atoms with Gasteiger partial charge in [-0.2, -0.15) is 13.2 Å². The van der Waals surface area contributed by atoms with E-state index < -0.39 is 23.1 Å². The van der Waals surface area contributed by atoms with Gasteiger partial charge in [-0.3, -0.25) is 4.98 Å². The lowest BCUT2D eigenvalue weighted by molar-refractivity contribution is -0.137. The first-order valence-electron chi connectivity index (χ1n) is 11.5. The third-order valence-corrected chi connectivity index (χ3v) is 7.28. The van der Waals surface area contributed by atoms with Crippen LogP contribution in [-0.4, -0.2) is 31.2 Å². The summed E-state index contributed by atoms with van der Waals surface area (Å²) in [4.78, 5) is 6.81. The van der Waals surface area contributed by atoms with E-state index in [1.165, 1.54) is 38.1 Å². The number of halogens is 4. The summed E-state index contributed by atoms with van der Waals surface area (Å²) in [5.41, 5.74) is 6.72. The molecule has 11 heteroatoms. The van der Waals surface area contributed by atoms with Crippen LogP contribution in [0.4, 0.5) is 23.2 Å². The number of ether oxygens (including phenoxy) is 3. The van der Waals surface area contributed by atoms with Gasteiger partial charge in [-0.05, 0) is 36.2 Å². The molecule has 1 aliphatic rings. The highest BCUT2D eigenvalue weighted by Crippen LogP contribution is 2.46. The highest BCUT2D eigenvalue weighted by Gasteiger charge is 2.31. The maximum Gasteiger partial charge on any atom is 0.416 e. The topological polar surface area (TPSA) is 69.8 Å². The zero-order valence-electron chi connectivity index (χ0n) is 20.4. The van der Waals surface area contributed by atoms with Crippen LogP contribution in [0.25, 0.3) is 10.9 Å². The van der Waals surface area contributed by atoms with Crippen molar-refractivity contribution in [2.75, 3.05) is 25.7 Å². The van der Waals surface area contributed by atoms with Crippen LogP contribution < -0.4 is 24.8 Å². The van der Waals surface area contributed by atoms with E-state index in [-0.39, 0.29) is 5.75 Å². The number of thioether (sulfide) groups is 1. The quantitative estimate of drug-likeness (QED) is 0.263. The Balaban J connectivity index is 1.39. The van der Waals surface area contributed by atoms with Crippen LogP contribution >= 0.6 is 11.8 Å². The van der Waals surface area contributed by atoms with E-state index in [9.17, 15) is 13.2 Å². The van der Waals surface area contributed by atoms with Crippen molar-refractivity contribution in [1.82, 2.24) is 4.98 Å². The van der Waals surface area contributed by atoms with Crippen LogP contribution in [0.2, 0.25) is 0 Å². The second kappa shape index (κ2) is 10.2. The van der Waals surface area contributed by atoms with Gasteiger partial charge in [-0.25, -0.2) is 4.39 Å². The van der Waals surface area contributed by atoms with E-state index in [0.717, 1.165) is 12.1 Å². The number of hydrogen-bond acceptors (Lipinski definition) is 7. The Labute approximate surface area is 220 Å². The molecule has 5 rings (SSSR count). The number of pyridine rings is 1. The highest BCUT2D eigenvalue weighted by atomic mass is 32.2. The molecule has 0 bridgehead atoms. The van der Waals surface area contributed by atoms with Crippen molar-refractivity contribution >= 4 is 28.4 Å². The van der Waals surface area contributed by atoms with Crippen LogP contribution in [0.5, 0.6) is 23.0 Å². The van der Waals surface area contributed by atoms with Crippen molar-refractivity contribution in [2.45, 2.75) is 23.0 Å². The molecule has 0 saturated carbocycles. The van der Waals surface area contributed by atoms with Crippen molar-refractivity contribution in [1.29, 1.82) is 0 Å². The Kier molecular flexibility index (Phi) is 6.97. The second-order valence-electron chi connectivity index (χ2n) is 8.54. The molecule has 0 saturated heterocycles. The molecule has 4 aromatic rings. The predicted octanol–water partition coefficient (Wildman–Crippen LogP) is 6.60. The molecular weight excluding hydrogens is 522 g/mol. The van der Waals surface area contributed by atoms with Gasteiger partial charge in [-0.15, -0.1) is 0 Å². The number of anilines is 1. The molecule has 2 N–H and O–H groups in total. The number of methoxy groups -OCH3 is 2. The minimum absolute atomic E-state index is 0.00506. The van der Waals surface area contributed by atoms with E-state index >= 15 is 4.39 Å². The zero-order chi connectivity index (χ0) is 27.0. The Hall–Kier alpha value is -3.70. The highest BCUT2D eigenvalue weighted by molar-refractivity contribution is 8.00. The largest absolute Gasteiger partial charge is 0.493 e. The first-order valence-corrected chi connectivity index (χ1v) is 12.4. The molecule has 1 unspecified atom stereocenters. The standard InChI is InChI=1S/C27H23F4N3O3S/c1-35-23-11-17-19(13-24(23)36-2)33-8-6-21(17)37-22-14-25-20(12-18(22)28)34(26(32)38-25)9-7-15-4-3-5-16(10-15)27(29,30)31/h3-6,8,10-14,26H,7,9,32H2,1-2H3. The van der Waals surface area contributed by atoms with E-state index in [0.29, 0.717) is 57.3 Å². The van der Waals surface area contributed by atoms with Crippen molar-refractivity contribution in [3.63, 3.8) is 0 Å². The molecule has 38 heavy (non-hydrogen) atoms. The summed E-state index contributed by atoms with van der Waals surface area (Å²) < 4.78 is 71.1. The molecule has 1 aliphatic heterocycles. The molecule has 0 spiro atoms. The Morgan fingerprint density at radius 3 is 2.47 bits per heavy atom. The number of nitrogens with zero attached hydrogens (tertiary/aromatic N) is 2. The normalized spacial score (nSPS) is 15.0. The Morgan fingerprint density at radius 1 is 0.974 bits per heavy atom. The first-order chi connectivity index (χ1) is 18.2. The van der Waals surface area contributed by atoms with E-state index in [1.54, 1.807) is 41.4 Å². The molecule has 198 valence electrons. The van der Waals surface area contributed by atoms with Crippen LogP contribution in [-0.2, 0) is 12.6 Å². The average molecular weight is 546 g/mol. The monoisotopic (exact) mass is 545 g/mol. The number of hydrogen-bond donors (Lipinski definition) is 1. The van der Waals surface area contributed by atoms with Crippen molar-refractivity contribution < 1.29 is 31.8 Å². The van der Waals surface area contributed by atoms with Gasteiger partial charge in [0.2, 0.25) is 0 Å². The van der Waals surface area contributed by atoms with Crippen molar-refractivity contribution in [3.8, 4) is 23.0 Å². The van der Waals surface area contributed by atoms with Crippen LogP contribution in [0.1, 0.15) is 11.1 Å². The molecule has 0 aliphatic carbocycles. The second-order valence-corrected chi connectivity index (χ2v) is 9.69. The summed E-state index contributed by atoms with van der Waals surface area (Å²) in [6.45, 7) is 0.318. The number of alkyl halides is 3. The zero-order valence-corrected chi connectivity index (χ0v) is 21.2. The van der Waals surface area contributed by atoms with E-state index in [1.807, 2.05) is 0 Å². The molecule has 0 radical (unpaired) electrons. The summed E-state index contributed by atoms with van der Waals surface area (Å²) >= 11 is 1.32. The molecular formula is C27H23F4N3O3S. The lowest BCUT2D eigenvalue weighted by Crippen LogP contribution is -2.37. The van der Waals surface area contributed by atoms with Crippen LogP contribution in [0.15, 0.2) is 65.7 Å². The molecule has 3 aromatic carbocycles. The summed E-state index contributed by atoms with van der Waals surface area (Å²) in [7, 11) is 3.04. The molecule has 1 aromatic heterocycles. The van der Waals surface area contributed by atoms with Crippen molar-refractivity contribution in [3.05, 3.63) is 77.7 Å². The maximum absolute atomic E-state index is 15.3. The fourth-order valence-electron chi connectivity index (χ4n) is 4.31. The molecule has 0 fully saturated rings.